The van der Waals surface area contributed by atoms with E-state index < -0.39 is 0 Å². The van der Waals surface area contributed by atoms with Crippen LogP contribution in [0, 0.1) is 11.8 Å². The lowest BCUT2D eigenvalue weighted by atomic mass is 10.3. The molecule has 0 aliphatic rings. The van der Waals surface area contributed by atoms with Gasteiger partial charge in [-0.2, -0.15) is 0 Å². The van der Waals surface area contributed by atoms with Gasteiger partial charge in [0.2, 0.25) is 0 Å². The molecule has 1 heterocycles. The van der Waals surface area contributed by atoms with Crippen LogP contribution in [0.3, 0.4) is 0 Å². The Hall–Kier alpha value is -0.300. The fourth-order valence-electron chi connectivity index (χ4n) is 1.10. The van der Waals surface area contributed by atoms with Gasteiger partial charge in [0.25, 0.3) is 0 Å². The van der Waals surface area contributed by atoms with Crippen molar-refractivity contribution in [2.75, 3.05) is 13.1 Å². The molecule has 1 aromatic rings. The van der Waals surface area contributed by atoms with Gasteiger partial charge < -0.3 is 5.32 Å². The van der Waals surface area contributed by atoms with Crippen molar-refractivity contribution >= 4 is 27.3 Å². The van der Waals surface area contributed by atoms with E-state index in [1.165, 1.54) is 8.66 Å². The first kappa shape index (κ1) is 11.8. The summed E-state index contributed by atoms with van der Waals surface area (Å²) in [7, 11) is 0. The lowest BCUT2D eigenvalue weighted by Crippen LogP contribution is -2.17. The molecule has 3 heteroatoms. The maximum absolute atomic E-state index is 3.46. The van der Waals surface area contributed by atoms with Crippen LogP contribution < -0.4 is 5.32 Å². The molecule has 1 nitrogen and oxygen atoms in total. The zero-order chi connectivity index (χ0) is 10.2. The molecule has 0 amide bonds. The normalized spacial score (nSPS) is 9.57. The van der Waals surface area contributed by atoms with E-state index in [9.17, 15) is 0 Å². The Morgan fingerprint density at radius 3 is 2.93 bits per heavy atom. The number of halogens is 1. The summed E-state index contributed by atoms with van der Waals surface area (Å²) in [5.74, 6) is 5.92. The van der Waals surface area contributed by atoms with Gasteiger partial charge in [-0.05, 0) is 48.0 Å². The summed E-state index contributed by atoms with van der Waals surface area (Å²) in [6.45, 7) is 3.91. The average Bonchev–Trinajstić information content (AvgIpc) is 2.58. The molecule has 0 bridgehead atoms. The first-order valence-electron chi connectivity index (χ1n) is 4.67. The van der Waals surface area contributed by atoms with E-state index in [1.807, 2.05) is 6.92 Å². The Morgan fingerprint density at radius 1 is 1.43 bits per heavy atom. The van der Waals surface area contributed by atoms with Crippen molar-refractivity contribution < 1.29 is 0 Å². The lowest BCUT2D eigenvalue weighted by Gasteiger charge is -1.99. The molecule has 1 N–H and O–H groups in total. The first-order valence-corrected chi connectivity index (χ1v) is 6.28. The number of nitrogens with one attached hydrogen (secondary N) is 1. The van der Waals surface area contributed by atoms with E-state index in [0.29, 0.717) is 0 Å². The highest BCUT2D eigenvalue weighted by atomic mass is 79.9. The van der Waals surface area contributed by atoms with Crippen LogP contribution >= 0.6 is 27.3 Å². The topological polar surface area (TPSA) is 12.0 Å². The molecule has 1 aromatic heterocycles. The molecule has 0 aromatic carbocycles. The van der Waals surface area contributed by atoms with Crippen molar-refractivity contribution in [3.63, 3.8) is 0 Å². The van der Waals surface area contributed by atoms with Crippen molar-refractivity contribution in [3.05, 3.63) is 20.8 Å². The summed E-state index contributed by atoms with van der Waals surface area (Å²) in [4.78, 5) is 1.42. The Balaban J connectivity index is 2.06. The number of hydrogen-bond acceptors (Lipinski definition) is 2. The largest absolute Gasteiger partial charge is 0.315 e. The third-order valence-corrected chi connectivity index (χ3v) is 3.46. The van der Waals surface area contributed by atoms with E-state index in [1.54, 1.807) is 11.3 Å². The van der Waals surface area contributed by atoms with Gasteiger partial charge in [0.15, 0.2) is 0 Å². The second-order valence-electron chi connectivity index (χ2n) is 2.88. The summed E-state index contributed by atoms with van der Waals surface area (Å²) in [5, 5.41) is 3.37. The molecule has 1 rings (SSSR count). The minimum atomic E-state index is 0.949. The maximum Gasteiger partial charge on any atom is 0.0701 e. The highest BCUT2D eigenvalue weighted by molar-refractivity contribution is 9.11. The second-order valence-corrected chi connectivity index (χ2v) is 5.43. The molecule has 0 unspecified atom stereocenters. The fourth-order valence-corrected chi connectivity index (χ4v) is 2.58. The number of thiophene rings is 1. The minimum Gasteiger partial charge on any atom is -0.315 e. The Kier molecular flexibility index (Phi) is 5.93. The quantitative estimate of drug-likeness (QED) is 0.641. The van der Waals surface area contributed by atoms with Crippen LogP contribution in [0.25, 0.3) is 0 Å². The molecule has 0 radical (unpaired) electrons. The van der Waals surface area contributed by atoms with Crippen LogP contribution in [0.4, 0.5) is 0 Å². The van der Waals surface area contributed by atoms with Crippen molar-refractivity contribution in [3.8, 4) is 11.8 Å². The van der Waals surface area contributed by atoms with Gasteiger partial charge in [-0.3, -0.25) is 0 Å². The van der Waals surface area contributed by atoms with Crippen molar-refractivity contribution in [1.29, 1.82) is 0 Å². The Bertz CT molecular complexity index is 322. The predicted octanol–water partition coefficient (Wildman–Crippen LogP) is 3.06. The number of rotatable bonds is 5. The van der Waals surface area contributed by atoms with Crippen LogP contribution in [-0.2, 0) is 6.42 Å². The van der Waals surface area contributed by atoms with Crippen LogP contribution in [0.1, 0.15) is 18.2 Å². The third kappa shape index (κ3) is 4.80. The van der Waals surface area contributed by atoms with Gasteiger partial charge in [-0.15, -0.1) is 23.2 Å². The summed E-state index contributed by atoms with van der Waals surface area (Å²) < 4.78 is 1.21. The van der Waals surface area contributed by atoms with Gasteiger partial charge >= 0.3 is 0 Å². The van der Waals surface area contributed by atoms with E-state index in [-0.39, 0.29) is 0 Å². The van der Waals surface area contributed by atoms with Gasteiger partial charge in [0.05, 0.1) is 3.79 Å². The zero-order valence-corrected chi connectivity index (χ0v) is 10.7. The molecule has 0 atom stereocenters. The molecule has 0 saturated heterocycles. The van der Waals surface area contributed by atoms with E-state index in [4.69, 9.17) is 0 Å². The predicted molar refractivity (Wildman–Crippen MR) is 66.7 cm³/mol. The van der Waals surface area contributed by atoms with Crippen LogP contribution in [0.2, 0.25) is 0 Å². The molecule has 0 fully saturated rings. The fraction of sp³-hybridized carbons (Fsp3) is 0.455. The molecule has 0 aliphatic heterocycles. The molecular formula is C11H14BrNS. The molecule has 0 spiro atoms. The average molecular weight is 272 g/mol. The molecular weight excluding hydrogens is 258 g/mol. The van der Waals surface area contributed by atoms with Crippen LogP contribution in [-0.4, -0.2) is 13.1 Å². The molecule has 0 saturated carbocycles. The molecule has 76 valence electrons. The highest BCUT2D eigenvalue weighted by Crippen LogP contribution is 2.21. The Labute approximate surface area is 98.0 Å². The summed E-state index contributed by atoms with van der Waals surface area (Å²) in [6.07, 6.45) is 2.06. The molecule has 0 aliphatic carbocycles. The lowest BCUT2D eigenvalue weighted by molar-refractivity contribution is 0.698. The first-order chi connectivity index (χ1) is 6.83. The number of hydrogen-bond donors (Lipinski definition) is 1. The van der Waals surface area contributed by atoms with Crippen molar-refractivity contribution in [2.45, 2.75) is 19.8 Å². The smallest absolute Gasteiger partial charge is 0.0701 e. The Morgan fingerprint density at radius 2 is 2.29 bits per heavy atom. The third-order valence-electron chi connectivity index (χ3n) is 1.78. The van der Waals surface area contributed by atoms with Gasteiger partial charge in [-0.25, -0.2) is 0 Å². The van der Waals surface area contributed by atoms with Crippen molar-refractivity contribution in [1.82, 2.24) is 5.32 Å². The van der Waals surface area contributed by atoms with E-state index in [0.717, 1.165) is 25.9 Å². The molecule has 14 heavy (non-hydrogen) atoms. The van der Waals surface area contributed by atoms with Gasteiger partial charge in [-0.1, -0.05) is 0 Å². The SMILES string of the molecule is CC#CCCNCCc1ccc(Br)s1. The maximum atomic E-state index is 3.46. The van der Waals surface area contributed by atoms with E-state index >= 15 is 0 Å². The summed E-state index contributed by atoms with van der Waals surface area (Å²) in [6, 6.07) is 4.27. The monoisotopic (exact) mass is 271 g/mol. The zero-order valence-electron chi connectivity index (χ0n) is 8.27. The summed E-state index contributed by atoms with van der Waals surface area (Å²) >= 11 is 5.26. The standard InChI is InChI=1S/C11H14BrNS/c1-2-3-4-8-13-9-7-10-5-6-11(12)14-10/h5-6,13H,4,7-9H2,1H3. The van der Waals surface area contributed by atoms with Crippen molar-refractivity contribution in [2.24, 2.45) is 0 Å². The van der Waals surface area contributed by atoms with Crippen LogP contribution in [0.15, 0.2) is 15.9 Å². The second kappa shape index (κ2) is 7.05. The van der Waals surface area contributed by atoms with Gasteiger partial charge in [0.1, 0.15) is 0 Å². The van der Waals surface area contributed by atoms with Gasteiger partial charge in [0, 0.05) is 17.8 Å². The summed E-state index contributed by atoms with van der Waals surface area (Å²) in [5.41, 5.74) is 0. The van der Waals surface area contributed by atoms with Crippen LogP contribution in [0.5, 0.6) is 0 Å². The van der Waals surface area contributed by atoms with E-state index in [2.05, 4.69) is 45.2 Å². The highest BCUT2D eigenvalue weighted by Gasteiger charge is 1.96. The minimum absolute atomic E-state index is 0.949.